The van der Waals surface area contributed by atoms with E-state index in [0.717, 1.165) is 29.1 Å². The molecule has 160 valence electrons. The predicted octanol–water partition coefficient (Wildman–Crippen LogP) is 4.53. The van der Waals surface area contributed by atoms with Crippen LogP contribution in [-0.2, 0) is 11.2 Å². The number of nitrogens with two attached hydrogens (primary N) is 1. The summed E-state index contributed by atoms with van der Waals surface area (Å²) in [5, 5.41) is 2.83. The molecule has 2 aromatic carbocycles. The number of carbonyl (C=O) groups excluding carboxylic acids is 1. The van der Waals surface area contributed by atoms with Crippen molar-refractivity contribution in [1.82, 2.24) is 15.0 Å². The monoisotopic (exact) mass is 425 g/mol. The van der Waals surface area contributed by atoms with E-state index in [1.54, 1.807) is 36.7 Å². The van der Waals surface area contributed by atoms with E-state index < -0.39 is 6.04 Å². The molecular weight excluding hydrogens is 402 g/mol. The Labute approximate surface area is 186 Å². The number of aromatic nitrogens is 3. The summed E-state index contributed by atoms with van der Waals surface area (Å²) in [5.41, 5.74) is 8.96. The van der Waals surface area contributed by atoms with E-state index in [1.165, 1.54) is 0 Å². The van der Waals surface area contributed by atoms with Crippen molar-refractivity contribution in [2.24, 2.45) is 5.73 Å². The number of nitrogens with zero attached hydrogens (tertiary/aromatic N) is 3. The summed E-state index contributed by atoms with van der Waals surface area (Å²) >= 11 is 0. The number of hydrogen-bond donors (Lipinski definition) is 2. The smallest absolute Gasteiger partial charge is 0.245 e. The Balaban J connectivity index is 1.47. The van der Waals surface area contributed by atoms with Crippen LogP contribution in [0.15, 0.2) is 85.2 Å². The number of benzene rings is 2. The number of pyridine rings is 1. The van der Waals surface area contributed by atoms with E-state index in [1.807, 2.05) is 55.5 Å². The standard InChI is InChI=1S/C25H23N5O2/c1-2-22-27-16-14-21(30-22)20-9-6-15-28-25(20)32-19-12-10-18(11-13-19)29-24(31)23(26)17-7-4-3-5-8-17/h3-16,23H,2,26H2,1H3,(H,29,31). The third-order valence-electron chi connectivity index (χ3n) is 4.85. The van der Waals surface area contributed by atoms with Crippen LogP contribution in [0.2, 0.25) is 0 Å². The van der Waals surface area contributed by atoms with E-state index in [-0.39, 0.29) is 5.91 Å². The molecule has 0 aliphatic rings. The number of aryl methyl sites for hydroxylation is 1. The van der Waals surface area contributed by atoms with Gasteiger partial charge in [-0.05, 0) is 48.0 Å². The first-order valence-corrected chi connectivity index (χ1v) is 10.3. The van der Waals surface area contributed by atoms with E-state index in [9.17, 15) is 4.79 Å². The number of carbonyl (C=O) groups is 1. The van der Waals surface area contributed by atoms with E-state index in [4.69, 9.17) is 10.5 Å². The third-order valence-corrected chi connectivity index (χ3v) is 4.85. The van der Waals surface area contributed by atoms with Gasteiger partial charge >= 0.3 is 0 Å². The van der Waals surface area contributed by atoms with Crippen LogP contribution in [0.5, 0.6) is 11.6 Å². The Morgan fingerprint density at radius 1 is 0.969 bits per heavy atom. The van der Waals surface area contributed by atoms with Crippen LogP contribution < -0.4 is 15.8 Å². The molecule has 0 bridgehead atoms. The molecule has 4 aromatic rings. The molecule has 0 radical (unpaired) electrons. The van der Waals surface area contributed by atoms with Gasteiger partial charge in [-0.25, -0.2) is 15.0 Å². The molecule has 2 heterocycles. The second-order valence-corrected chi connectivity index (χ2v) is 7.07. The van der Waals surface area contributed by atoms with Gasteiger partial charge in [0.05, 0.1) is 11.3 Å². The van der Waals surface area contributed by atoms with Crippen LogP contribution in [0.25, 0.3) is 11.3 Å². The fourth-order valence-corrected chi connectivity index (χ4v) is 3.14. The van der Waals surface area contributed by atoms with Gasteiger partial charge in [-0.1, -0.05) is 37.3 Å². The summed E-state index contributed by atoms with van der Waals surface area (Å²) in [6.45, 7) is 2.01. The molecule has 1 atom stereocenters. The van der Waals surface area contributed by atoms with E-state index >= 15 is 0 Å². The minimum atomic E-state index is -0.746. The first-order valence-electron chi connectivity index (χ1n) is 10.3. The number of rotatable bonds is 7. The Kier molecular flexibility index (Phi) is 6.48. The van der Waals surface area contributed by atoms with Crippen molar-refractivity contribution in [1.29, 1.82) is 0 Å². The molecule has 2 aromatic heterocycles. The largest absolute Gasteiger partial charge is 0.438 e. The van der Waals surface area contributed by atoms with Gasteiger partial charge in [0.2, 0.25) is 11.8 Å². The summed E-state index contributed by atoms with van der Waals surface area (Å²) < 4.78 is 6.01. The summed E-state index contributed by atoms with van der Waals surface area (Å²) in [6, 6.07) is 21.1. The lowest BCUT2D eigenvalue weighted by Crippen LogP contribution is -2.27. The van der Waals surface area contributed by atoms with Crippen molar-refractivity contribution in [2.75, 3.05) is 5.32 Å². The number of amides is 1. The lowest BCUT2D eigenvalue weighted by molar-refractivity contribution is -0.117. The maximum absolute atomic E-state index is 12.5. The highest BCUT2D eigenvalue weighted by molar-refractivity contribution is 5.95. The van der Waals surface area contributed by atoms with Crippen molar-refractivity contribution in [2.45, 2.75) is 19.4 Å². The Morgan fingerprint density at radius 2 is 1.75 bits per heavy atom. The molecule has 0 aliphatic heterocycles. The average molecular weight is 425 g/mol. The molecule has 4 rings (SSSR count). The molecule has 0 saturated heterocycles. The van der Waals surface area contributed by atoms with Gasteiger partial charge in [-0.2, -0.15) is 0 Å². The quantitative estimate of drug-likeness (QED) is 0.451. The van der Waals surface area contributed by atoms with Gasteiger partial charge in [0, 0.05) is 24.5 Å². The second kappa shape index (κ2) is 9.80. The zero-order chi connectivity index (χ0) is 22.3. The van der Waals surface area contributed by atoms with Gasteiger partial charge in [-0.15, -0.1) is 0 Å². The molecule has 32 heavy (non-hydrogen) atoms. The fourth-order valence-electron chi connectivity index (χ4n) is 3.14. The van der Waals surface area contributed by atoms with Crippen LogP contribution in [0.1, 0.15) is 24.4 Å². The van der Waals surface area contributed by atoms with Gasteiger partial charge in [0.15, 0.2) is 0 Å². The fraction of sp³-hybridized carbons (Fsp3) is 0.120. The van der Waals surface area contributed by atoms with Gasteiger partial charge in [-0.3, -0.25) is 4.79 Å². The van der Waals surface area contributed by atoms with E-state index in [0.29, 0.717) is 17.3 Å². The summed E-state index contributed by atoms with van der Waals surface area (Å²) in [6.07, 6.45) is 4.14. The SMILES string of the molecule is CCc1nccc(-c2cccnc2Oc2ccc(NC(=O)C(N)c3ccccc3)cc2)n1. The second-order valence-electron chi connectivity index (χ2n) is 7.07. The summed E-state index contributed by atoms with van der Waals surface area (Å²) in [7, 11) is 0. The maximum atomic E-state index is 12.5. The number of ether oxygens (including phenoxy) is 1. The summed E-state index contributed by atoms with van der Waals surface area (Å²) in [4.78, 5) is 25.6. The van der Waals surface area contributed by atoms with Crippen molar-refractivity contribution in [3.8, 4) is 22.9 Å². The predicted molar refractivity (Wildman–Crippen MR) is 123 cm³/mol. The van der Waals surface area contributed by atoms with Crippen molar-refractivity contribution in [3.63, 3.8) is 0 Å². The number of nitrogens with one attached hydrogen (secondary N) is 1. The highest BCUT2D eigenvalue weighted by atomic mass is 16.5. The highest BCUT2D eigenvalue weighted by Gasteiger charge is 2.16. The molecule has 0 fully saturated rings. The Bertz CT molecular complexity index is 1200. The molecular formula is C25H23N5O2. The first-order chi connectivity index (χ1) is 15.6. The van der Waals surface area contributed by atoms with Crippen LogP contribution in [0.4, 0.5) is 5.69 Å². The molecule has 0 spiro atoms. The normalized spacial score (nSPS) is 11.6. The molecule has 0 aliphatic carbocycles. The molecule has 7 nitrogen and oxygen atoms in total. The average Bonchev–Trinajstić information content (AvgIpc) is 2.85. The molecule has 7 heteroatoms. The molecule has 1 amide bonds. The van der Waals surface area contributed by atoms with Crippen molar-refractivity contribution >= 4 is 11.6 Å². The lowest BCUT2D eigenvalue weighted by Gasteiger charge is -2.13. The topological polar surface area (TPSA) is 103 Å². The number of hydrogen-bond acceptors (Lipinski definition) is 6. The van der Waals surface area contributed by atoms with Gasteiger partial charge < -0.3 is 15.8 Å². The molecule has 1 unspecified atom stereocenters. The van der Waals surface area contributed by atoms with Gasteiger partial charge in [0.1, 0.15) is 17.6 Å². The van der Waals surface area contributed by atoms with Crippen LogP contribution in [0, 0.1) is 0 Å². The van der Waals surface area contributed by atoms with Gasteiger partial charge in [0.25, 0.3) is 0 Å². The highest BCUT2D eigenvalue weighted by Crippen LogP contribution is 2.30. The van der Waals surface area contributed by atoms with Crippen LogP contribution >= 0.6 is 0 Å². The third kappa shape index (κ3) is 4.96. The summed E-state index contributed by atoms with van der Waals surface area (Å²) in [5.74, 6) is 1.50. The molecule has 3 N–H and O–H groups in total. The number of anilines is 1. The molecule has 0 saturated carbocycles. The van der Waals surface area contributed by atoms with Crippen molar-refractivity contribution < 1.29 is 9.53 Å². The Hall–Kier alpha value is -4.10. The van der Waals surface area contributed by atoms with Crippen LogP contribution in [-0.4, -0.2) is 20.9 Å². The first kappa shape index (κ1) is 21.1. The maximum Gasteiger partial charge on any atom is 0.245 e. The van der Waals surface area contributed by atoms with Crippen LogP contribution in [0.3, 0.4) is 0 Å². The Morgan fingerprint density at radius 3 is 2.50 bits per heavy atom. The minimum absolute atomic E-state index is 0.285. The van der Waals surface area contributed by atoms with E-state index in [2.05, 4.69) is 20.3 Å². The zero-order valence-corrected chi connectivity index (χ0v) is 17.6. The zero-order valence-electron chi connectivity index (χ0n) is 17.6. The minimum Gasteiger partial charge on any atom is -0.438 e. The lowest BCUT2D eigenvalue weighted by atomic mass is 10.1. The van der Waals surface area contributed by atoms with Crippen molar-refractivity contribution in [3.05, 3.63) is 96.6 Å².